The third kappa shape index (κ3) is 2.43. The van der Waals surface area contributed by atoms with Gasteiger partial charge in [-0.25, -0.2) is 9.97 Å². The molecule has 1 saturated heterocycles. The molecule has 5 rings (SSSR count). The first-order chi connectivity index (χ1) is 12.3. The van der Waals surface area contributed by atoms with Crippen molar-refractivity contribution in [3.8, 4) is 0 Å². The van der Waals surface area contributed by atoms with Gasteiger partial charge in [-0.1, -0.05) is 36.4 Å². The molecule has 0 aliphatic carbocycles. The van der Waals surface area contributed by atoms with Crippen molar-refractivity contribution < 1.29 is 0 Å². The van der Waals surface area contributed by atoms with Crippen LogP contribution in [0.2, 0.25) is 0 Å². The van der Waals surface area contributed by atoms with E-state index < -0.39 is 0 Å². The molecule has 2 aliphatic heterocycles. The van der Waals surface area contributed by atoms with E-state index in [1.165, 1.54) is 22.0 Å². The van der Waals surface area contributed by atoms with Crippen LogP contribution in [0, 0.1) is 0 Å². The number of nitrogens with two attached hydrogens (primary N) is 1. The van der Waals surface area contributed by atoms with E-state index in [9.17, 15) is 0 Å². The lowest BCUT2D eigenvalue weighted by molar-refractivity contribution is 0.510. The number of hydrogen-bond donors (Lipinski definition) is 1. The molecular weight excluding hydrogens is 310 g/mol. The van der Waals surface area contributed by atoms with Gasteiger partial charge >= 0.3 is 0 Å². The topological polar surface area (TPSA) is 58.3 Å². The van der Waals surface area contributed by atoms with E-state index in [-0.39, 0.29) is 6.04 Å². The zero-order valence-electron chi connectivity index (χ0n) is 14.1. The van der Waals surface area contributed by atoms with Gasteiger partial charge < -0.3 is 15.5 Å². The molecule has 5 nitrogen and oxygen atoms in total. The van der Waals surface area contributed by atoms with Gasteiger partial charge in [-0.15, -0.1) is 0 Å². The zero-order valence-corrected chi connectivity index (χ0v) is 14.1. The van der Waals surface area contributed by atoms with Crippen molar-refractivity contribution in [2.24, 2.45) is 5.73 Å². The minimum Gasteiger partial charge on any atom is -0.365 e. The second-order valence-electron chi connectivity index (χ2n) is 6.96. The van der Waals surface area contributed by atoms with E-state index in [1.807, 2.05) is 0 Å². The van der Waals surface area contributed by atoms with Crippen molar-refractivity contribution >= 4 is 22.3 Å². The number of fused-ring (bicyclic) bond motifs is 2. The fourth-order valence-electron chi connectivity index (χ4n) is 3.98. The van der Waals surface area contributed by atoms with Gasteiger partial charge in [0.1, 0.15) is 12.1 Å². The van der Waals surface area contributed by atoms with Crippen LogP contribution >= 0.6 is 0 Å². The lowest BCUT2D eigenvalue weighted by atomic mass is 10.0. The van der Waals surface area contributed by atoms with Crippen molar-refractivity contribution in [1.82, 2.24) is 9.97 Å². The lowest BCUT2D eigenvalue weighted by Gasteiger charge is -2.40. The Morgan fingerprint density at radius 3 is 2.68 bits per heavy atom. The van der Waals surface area contributed by atoms with E-state index in [1.54, 1.807) is 6.33 Å². The Balaban J connectivity index is 1.49. The molecule has 3 heterocycles. The predicted molar refractivity (Wildman–Crippen MR) is 101 cm³/mol. The molecule has 25 heavy (non-hydrogen) atoms. The molecular formula is C20H21N5. The molecule has 0 unspecified atom stereocenters. The molecule has 0 amide bonds. The third-order valence-corrected chi connectivity index (χ3v) is 5.30. The van der Waals surface area contributed by atoms with Gasteiger partial charge in [-0.3, -0.25) is 0 Å². The van der Waals surface area contributed by atoms with Gasteiger partial charge in [0.05, 0.1) is 12.2 Å². The number of hydrogen-bond acceptors (Lipinski definition) is 5. The van der Waals surface area contributed by atoms with Gasteiger partial charge in [-0.05, 0) is 17.9 Å². The molecule has 1 aromatic heterocycles. The van der Waals surface area contributed by atoms with E-state index in [0.29, 0.717) is 0 Å². The Kier molecular flexibility index (Phi) is 3.35. The second-order valence-corrected chi connectivity index (χ2v) is 6.96. The Bertz CT molecular complexity index is 927. The van der Waals surface area contributed by atoms with E-state index in [4.69, 9.17) is 5.73 Å². The maximum atomic E-state index is 5.94. The zero-order chi connectivity index (χ0) is 16.8. The minimum atomic E-state index is 0.279. The van der Waals surface area contributed by atoms with E-state index in [2.05, 4.69) is 62.2 Å². The highest BCUT2D eigenvalue weighted by molar-refractivity contribution is 5.94. The van der Waals surface area contributed by atoms with Crippen molar-refractivity contribution in [1.29, 1.82) is 0 Å². The lowest BCUT2D eigenvalue weighted by Crippen LogP contribution is -2.56. The molecule has 2 aliphatic rings. The summed E-state index contributed by atoms with van der Waals surface area (Å²) in [5.41, 5.74) is 9.67. The normalized spacial score (nSPS) is 17.5. The van der Waals surface area contributed by atoms with Crippen LogP contribution in [0.4, 0.5) is 11.5 Å². The van der Waals surface area contributed by atoms with Gasteiger partial charge in [0.2, 0.25) is 0 Å². The van der Waals surface area contributed by atoms with Crippen LogP contribution in [0.1, 0.15) is 11.3 Å². The van der Waals surface area contributed by atoms with Crippen molar-refractivity contribution in [3.63, 3.8) is 0 Å². The van der Waals surface area contributed by atoms with Crippen LogP contribution < -0.4 is 15.5 Å². The van der Waals surface area contributed by atoms with Gasteiger partial charge in [0.15, 0.2) is 0 Å². The summed E-state index contributed by atoms with van der Waals surface area (Å²) >= 11 is 0. The summed E-state index contributed by atoms with van der Waals surface area (Å²) in [4.78, 5) is 13.8. The van der Waals surface area contributed by atoms with E-state index >= 15 is 0 Å². The summed E-state index contributed by atoms with van der Waals surface area (Å²) < 4.78 is 0. The summed E-state index contributed by atoms with van der Waals surface area (Å²) in [6.07, 6.45) is 2.67. The number of benzene rings is 2. The van der Waals surface area contributed by atoms with Gasteiger partial charge in [0, 0.05) is 42.3 Å². The third-order valence-electron chi connectivity index (χ3n) is 5.30. The highest BCUT2D eigenvalue weighted by Crippen LogP contribution is 2.33. The smallest absolute Gasteiger partial charge is 0.135 e. The van der Waals surface area contributed by atoms with E-state index in [0.717, 1.165) is 44.1 Å². The van der Waals surface area contributed by atoms with Crippen molar-refractivity contribution in [2.45, 2.75) is 19.0 Å². The standard InChI is InChI=1S/C20H21N5/c21-15-10-25(11-15)20-17-8-9-24(12-18(17)22-13-23-20)19-7-3-5-14-4-1-2-6-16(14)19/h1-7,13,15H,8-12,21H2. The summed E-state index contributed by atoms with van der Waals surface area (Å²) in [6.45, 7) is 3.62. The number of nitrogens with zero attached hydrogens (tertiary/aromatic N) is 4. The van der Waals surface area contributed by atoms with Crippen LogP contribution in [-0.4, -0.2) is 35.6 Å². The first-order valence-electron chi connectivity index (χ1n) is 8.85. The SMILES string of the molecule is NC1CN(c2ncnc3c2CCN(c2cccc4ccccc24)C3)C1. The van der Waals surface area contributed by atoms with Gasteiger partial charge in [0.25, 0.3) is 0 Å². The molecule has 5 heteroatoms. The highest BCUT2D eigenvalue weighted by atomic mass is 15.3. The Hall–Kier alpha value is -2.66. The first-order valence-corrected chi connectivity index (χ1v) is 8.85. The molecule has 1 fully saturated rings. The Morgan fingerprint density at radius 1 is 0.960 bits per heavy atom. The largest absolute Gasteiger partial charge is 0.365 e. The van der Waals surface area contributed by atoms with Gasteiger partial charge in [-0.2, -0.15) is 0 Å². The number of anilines is 2. The summed E-state index contributed by atoms with van der Waals surface area (Å²) in [5.74, 6) is 1.09. The summed E-state index contributed by atoms with van der Waals surface area (Å²) in [6, 6.07) is 15.4. The Labute approximate surface area is 147 Å². The molecule has 0 bridgehead atoms. The maximum Gasteiger partial charge on any atom is 0.135 e. The molecule has 0 radical (unpaired) electrons. The van der Waals surface area contributed by atoms with Crippen LogP contribution in [-0.2, 0) is 13.0 Å². The molecule has 126 valence electrons. The molecule has 0 atom stereocenters. The predicted octanol–water partition coefficient (Wildman–Crippen LogP) is 2.34. The number of aromatic nitrogens is 2. The molecule has 2 aromatic carbocycles. The molecule has 0 saturated carbocycles. The van der Waals surface area contributed by atoms with Crippen LogP contribution in [0.25, 0.3) is 10.8 Å². The fourth-order valence-corrected chi connectivity index (χ4v) is 3.98. The quantitative estimate of drug-likeness (QED) is 0.781. The minimum absolute atomic E-state index is 0.279. The van der Waals surface area contributed by atoms with Crippen LogP contribution in [0.3, 0.4) is 0 Å². The van der Waals surface area contributed by atoms with Crippen LogP contribution in [0.5, 0.6) is 0 Å². The van der Waals surface area contributed by atoms with Crippen molar-refractivity contribution in [3.05, 3.63) is 60.0 Å². The Morgan fingerprint density at radius 2 is 1.80 bits per heavy atom. The number of rotatable bonds is 2. The highest BCUT2D eigenvalue weighted by Gasteiger charge is 2.29. The molecule has 3 aromatic rings. The van der Waals surface area contributed by atoms with Crippen molar-refractivity contribution in [2.75, 3.05) is 29.4 Å². The summed E-state index contributed by atoms with van der Waals surface area (Å²) in [5, 5.41) is 2.58. The monoisotopic (exact) mass is 331 g/mol. The average molecular weight is 331 g/mol. The maximum absolute atomic E-state index is 5.94. The molecule has 0 spiro atoms. The summed E-state index contributed by atoms with van der Waals surface area (Å²) in [7, 11) is 0. The van der Waals surface area contributed by atoms with Crippen LogP contribution in [0.15, 0.2) is 48.8 Å². The second kappa shape index (κ2) is 5.70. The molecule has 2 N–H and O–H groups in total. The first kappa shape index (κ1) is 14.7. The fraction of sp³-hybridized carbons (Fsp3) is 0.300. The average Bonchev–Trinajstić information content (AvgIpc) is 2.64.